The second-order valence-corrected chi connectivity index (χ2v) is 7.58. The Balaban J connectivity index is 1.48. The number of nitrogens with one attached hydrogen (secondary N) is 1. The number of hydrogen-bond acceptors (Lipinski definition) is 7. The second kappa shape index (κ2) is 7.17. The van der Waals surface area contributed by atoms with Gasteiger partial charge >= 0.3 is 0 Å². The van der Waals surface area contributed by atoms with Crippen LogP contribution in [0.3, 0.4) is 0 Å². The highest BCUT2D eigenvalue weighted by Crippen LogP contribution is 2.29. The van der Waals surface area contributed by atoms with Crippen molar-refractivity contribution in [2.24, 2.45) is 0 Å². The molecule has 1 aliphatic rings. The molecule has 0 saturated carbocycles. The van der Waals surface area contributed by atoms with Gasteiger partial charge in [0.1, 0.15) is 22.3 Å². The molecule has 4 rings (SSSR count). The number of fused-ring (bicyclic) bond motifs is 1. The highest BCUT2D eigenvalue weighted by Gasteiger charge is 2.17. The van der Waals surface area contributed by atoms with E-state index >= 15 is 0 Å². The first kappa shape index (κ1) is 17.2. The summed E-state index contributed by atoms with van der Waals surface area (Å²) in [6.45, 7) is 9.36. The van der Waals surface area contributed by atoms with Gasteiger partial charge in [-0.2, -0.15) is 0 Å². The molecule has 1 atom stereocenters. The number of morpholine rings is 1. The Morgan fingerprint density at radius 1 is 1.31 bits per heavy atom. The van der Waals surface area contributed by atoms with Gasteiger partial charge in [0.2, 0.25) is 0 Å². The van der Waals surface area contributed by atoms with Crippen LogP contribution in [0.2, 0.25) is 0 Å². The zero-order chi connectivity index (χ0) is 18.1. The molecule has 6 nitrogen and oxygen atoms in total. The smallest absolute Gasteiger partial charge is 0.139 e. The number of ether oxygens (including phenoxy) is 1. The molecule has 1 saturated heterocycles. The van der Waals surface area contributed by atoms with Crippen LogP contribution in [-0.2, 0) is 11.3 Å². The van der Waals surface area contributed by atoms with Gasteiger partial charge in [-0.3, -0.25) is 0 Å². The minimum absolute atomic E-state index is 0.254. The van der Waals surface area contributed by atoms with E-state index in [2.05, 4.69) is 56.5 Å². The van der Waals surface area contributed by atoms with Crippen LogP contribution in [0.5, 0.6) is 0 Å². The van der Waals surface area contributed by atoms with E-state index in [1.807, 2.05) is 13.1 Å². The van der Waals surface area contributed by atoms with Gasteiger partial charge in [-0.25, -0.2) is 15.0 Å². The average Bonchev–Trinajstić information content (AvgIpc) is 3.01. The fourth-order valence-corrected chi connectivity index (χ4v) is 4.21. The van der Waals surface area contributed by atoms with E-state index in [1.54, 1.807) is 11.3 Å². The molecular weight excluding hydrogens is 346 g/mol. The molecule has 0 aromatic carbocycles. The van der Waals surface area contributed by atoms with E-state index in [1.165, 1.54) is 5.56 Å². The molecule has 3 aromatic rings. The maximum atomic E-state index is 5.60. The molecule has 0 aliphatic carbocycles. The molecule has 7 heteroatoms. The molecular formula is C19H23N5OS. The van der Waals surface area contributed by atoms with Crippen LogP contribution in [0.1, 0.15) is 23.9 Å². The molecule has 136 valence electrons. The zero-order valence-corrected chi connectivity index (χ0v) is 16.1. The normalized spacial score (nSPS) is 17.7. The topological polar surface area (TPSA) is 63.2 Å². The first-order valence-corrected chi connectivity index (χ1v) is 9.76. The Morgan fingerprint density at radius 2 is 2.19 bits per heavy atom. The fourth-order valence-electron chi connectivity index (χ4n) is 3.24. The molecule has 1 aliphatic heterocycles. The standard InChI is InChI=1S/C19H23N5OS/c1-12-11-26-19-17(12)18(22-14(3)23-19)21-9-15-4-5-16(20-8-15)24-6-7-25-13(2)10-24/h4-5,8,11,13H,6-7,9-10H2,1-3H3,(H,21,22,23). The van der Waals surface area contributed by atoms with Crippen LogP contribution in [0.25, 0.3) is 10.2 Å². The first-order valence-electron chi connectivity index (χ1n) is 8.88. The van der Waals surface area contributed by atoms with Crippen molar-refractivity contribution in [1.29, 1.82) is 0 Å². The van der Waals surface area contributed by atoms with Crippen molar-refractivity contribution in [2.75, 3.05) is 29.9 Å². The highest BCUT2D eigenvalue weighted by atomic mass is 32.1. The lowest BCUT2D eigenvalue weighted by Crippen LogP contribution is -2.41. The summed E-state index contributed by atoms with van der Waals surface area (Å²) in [5, 5.41) is 6.71. The molecule has 0 amide bonds. The van der Waals surface area contributed by atoms with E-state index < -0.39 is 0 Å². The van der Waals surface area contributed by atoms with E-state index in [0.29, 0.717) is 6.54 Å². The van der Waals surface area contributed by atoms with Crippen LogP contribution in [0.4, 0.5) is 11.6 Å². The largest absolute Gasteiger partial charge is 0.375 e. The van der Waals surface area contributed by atoms with Gasteiger partial charge in [0.05, 0.1) is 18.1 Å². The molecule has 0 bridgehead atoms. The zero-order valence-electron chi connectivity index (χ0n) is 15.3. The number of pyridine rings is 1. The van der Waals surface area contributed by atoms with E-state index in [9.17, 15) is 0 Å². The third-order valence-electron chi connectivity index (χ3n) is 4.56. The third-order valence-corrected chi connectivity index (χ3v) is 5.55. The predicted octanol–water partition coefficient (Wildman–Crippen LogP) is 3.54. The van der Waals surface area contributed by atoms with Gasteiger partial charge in [0, 0.05) is 25.8 Å². The average molecular weight is 369 g/mol. The molecule has 3 aromatic heterocycles. The maximum Gasteiger partial charge on any atom is 0.139 e. The number of anilines is 2. The van der Waals surface area contributed by atoms with Gasteiger partial charge in [0.15, 0.2) is 0 Å². The Morgan fingerprint density at radius 3 is 2.96 bits per heavy atom. The lowest BCUT2D eigenvalue weighted by Gasteiger charge is -2.32. The minimum atomic E-state index is 0.254. The Labute approximate surface area is 157 Å². The Hall–Kier alpha value is -2.25. The van der Waals surface area contributed by atoms with Gasteiger partial charge in [-0.05, 0) is 43.3 Å². The lowest BCUT2D eigenvalue weighted by atomic mass is 10.2. The summed E-state index contributed by atoms with van der Waals surface area (Å²) in [7, 11) is 0. The van der Waals surface area contributed by atoms with Crippen molar-refractivity contribution in [2.45, 2.75) is 33.4 Å². The van der Waals surface area contributed by atoms with Crippen LogP contribution < -0.4 is 10.2 Å². The highest BCUT2D eigenvalue weighted by molar-refractivity contribution is 7.17. The predicted molar refractivity (Wildman–Crippen MR) is 106 cm³/mol. The summed E-state index contributed by atoms with van der Waals surface area (Å²) in [6, 6.07) is 4.22. The third kappa shape index (κ3) is 3.50. The second-order valence-electron chi connectivity index (χ2n) is 6.72. The maximum absolute atomic E-state index is 5.60. The van der Waals surface area contributed by atoms with Crippen LogP contribution >= 0.6 is 11.3 Å². The fraction of sp³-hybridized carbons (Fsp3) is 0.421. The van der Waals surface area contributed by atoms with E-state index in [0.717, 1.165) is 52.9 Å². The van der Waals surface area contributed by atoms with Crippen molar-refractivity contribution in [1.82, 2.24) is 15.0 Å². The summed E-state index contributed by atoms with van der Waals surface area (Å²) in [6.07, 6.45) is 2.19. The van der Waals surface area contributed by atoms with Crippen molar-refractivity contribution in [3.8, 4) is 0 Å². The molecule has 4 heterocycles. The van der Waals surface area contributed by atoms with Gasteiger partial charge in [-0.15, -0.1) is 11.3 Å². The number of aromatic nitrogens is 3. The van der Waals surface area contributed by atoms with Gasteiger partial charge in [0.25, 0.3) is 0 Å². The number of thiophene rings is 1. The summed E-state index contributed by atoms with van der Waals surface area (Å²) in [4.78, 5) is 17.1. The number of hydrogen-bond donors (Lipinski definition) is 1. The summed E-state index contributed by atoms with van der Waals surface area (Å²) >= 11 is 1.66. The first-order chi connectivity index (χ1) is 12.6. The Kier molecular flexibility index (Phi) is 4.74. The van der Waals surface area contributed by atoms with Crippen molar-refractivity contribution < 1.29 is 4.74 Å². The van der Waals surface area contributed by atoms with E-state index in [4.69, 9.17) is 4.74 Å². The van der Waals surface area contributed by atoms with Crippen molar-refractivity contribution >= 4 is 33.2 Å². The molecule has 26 heavy (non-hydrogen) atoms. The number of rotatable bonds is 4. The molecule has 1 unspecified atom stereocenters. The van der Waals surface area contributed by atoms with Crippen molar-refractivity contribution in [3.63, 3.8) is 0 Å². The number of nitrogens with zero attached hydrogens (tertiary/aromatic N) is 4. The summed E-state index contributed by atoms with van der Waals surface area (Å²) < 4.78 is 5.60. The molecule has 1 fully saturated rings. The lowest BCUT2D eigenvalue weighted by molar-refractivity contribution is 0.0529. The Bertz CT molecular complexity index is 908. The molecule has 0 spiro atoms. The van der Waals surface area contributed by atoms with Crippen LogP contribution in [0.15, 0.2) is 23.7 Å². The molecule has 0 radical (unpaired) electrons. The van der Waals surface area contributed by atoms with E-state index in [-0.39, 0.29) is 6.10 Å². The summed E-state index contributed by atoms with van der Waals surface area (Å²) in [5.41, 5.74) is 2.34. The molecule has 1 N–H and O–H groups in total. The monoisotopic (exact) mass is 369 g/mol. The quantitative estimate of drug-likeness (QED) is 0.759. The minimum Gasteiger partial charge on any atom is -0.375 e. The SMILES string of the molecule is Cc1nc(NCc2ccc(N3CCOC(C)C3)nc2)c2c(C)csc2n1. The van der Waals surface area contributed by atoms with Gasteiger partial charge in [-0.1, -0.05) is 6.07 Å². The van der Waals surface area contributed by atoms with Crippen LogP contribution in [-0.4, -0.2) is 40.8 Å². The van der Waals surface area contributed by atoms with Crippen molar-refractivity contribution in [3.05, 3.63) is 40.7 Å². The van der Waals surface area contributed by atoms with Crippen LogP contribution in [0, 0.1) is 13.8 Å². The van der Waals surface area contributed by atoms with Gasteiger partial charge < -0.3 is 15.0 Å². The number of aryl methyl sites for hydroxylation is 2. The summed E-state index contributed by atoms with van der Waals surface area (Å²) in [5.74, 6) is 2.70.